The summed E-state index contributed by atoms with van der Waals surface area (Å²) in [7, 11) is 1.61. The van der Waals surface area contributed by atoms with E-state index in [2.05, 4.69) is 5.32 Å². The van der Waals surface area contributed by atoms with Crippen LogP contribution in [-0.2, 0) is 0 Å². The van der Waals surface area contributed by atoms with Crippen molar-refractivity contribution in [3.05, 3.63) is 53.1 Å². The van der Waals surface area contributed by atoms with Gasteiger partial charge >= 0.3 is 0 Å². The highest BCUT2D eigenvalue weighted by Crippen LogP contribution is 2.25. The molecule has 0 saturated heterocycles. The third kappa shape index (κ3) is 5.06. The van der Waals surface area contributed by atoms with E-state index in [1.807, 2.05) is 31.2 Å². The summed E-state index contributed by atoms with van der Waals surface area (Å²) in [4.78, 5) is 12.1. The minimum Gasteiger partial charge on any atom is -0.497 e. The molecule has 2 aromatic rings. The second-order valence-corrected chi connectivity index (χ2v) is 5.27. The molecule has 6 heteroatoms. The van der Waals surface area contributed by atoms with Gasteiger partial charge in [-0.25, -0.2) is 0 Å². The number of ether oxygens (including phenoxy) is 3. The molecule has 0 atom stereocenters. The maximum atomic E-state index is 12.1. The lowest BCUT2D eigenvalue weighted by Crippen LogP contribution is -2.28. The van der Waals surface area contributed by atoms with E-state index in [4.69, 9.17) is 25.8 Å². The Morgan fingerprint density at radius 1 is 1.08 bits per heavy atom. The Morgan fingerprint density at radius 3 is 2.42 bits per heavy atom. The van der Waals surface area contributed by atoms with Gasteiger partial charge in [0.15, 0.2) is 0 Å². The number of hydrogen-bond donors (Lipinski definition) is 1. The topological polar surface area (TPSA) is 56.8 Å². The summed E-state index contributed by atoms with van der Waals surface area (Å²) in [6, 6.07) is 12.2. The van der Waals surface area contributed by atoms with Crippen molar-refractivity contribution < 1.29 is 19.0 Å². The van der Waals surface area contributed by atoms with Crippen molar-refractivity contribution in [1.82, 2.24) is 5.32 Å². The second kappa shape index (κ2) is 9.03. The first-order valence-corrected chi connectivity index (χ1v) is 7.99. The fourth-order valence-corrected chi connectivity index (χ4v) is 2.26. The van der Waals surface area contributed by atoms with Crippen LogP contribution in [0.2, 0.25) is 5.02 Å². The minimum atomic E-state index is -0.210. The van der Waals surface area contributed by atoms with Gasteiger partial charge in [-0.2, -0.15) is 0 Å². The third-order valence-electron chi connectivity index (χ3n) is 3.21. The fourth-order valence-electron chi connectivity index (χ4n) is 2.02. The molecule has 5 nitrogen and oxygen atoms in total. The van der Waals surface area contributed by atoms with Crippen molar-refractivity contribution in [3.8, 4) is 17.2 Å². The number of hydrogen-bond acceptors (Lipinski definition) is 4. The van der Waals surface area contributed by atoms with Gasteiger partial charge < -0.3 is 19.5 Å². The summed E-state index contributed by atoms with van der Waals surface area (Å²) in [5.41, 5.74) is 0.480. The van der Waals surface area contributed by atoms with E-state index in [9.17, 15) is 4.79 Å². The Morgan fingerprint density at radius 2 is 1.79 bits per heavy atom. The van der Waals surface area contributed by atoms with Crippen LogP contribution in [0.3, 0.4) is 0 Å². The van der Waals surface area contributed by atoms with Gasteiger partial charge in [-0.05, 0) is 49.4 Å². The number of amides is 1. The van der Waals surface area contributed by atoms with Gasteiger partial charge in [0.05, 0.1) is 25.3 Å². The molecule has 2 rings (SSSR count). The molecule has 0 heterocycles. The zero-order chi connectivity index (χ0) is 17.4. The van der Waals surface area contributed by atoms with Gasteiger partial charge in [0, 0.05) is 5.56 Å². The summed E-state index contributed by atoms with van der Waals surface area (Å²) in [5.74, 6) is 1.84. The molecule has 128 valence electrons. The summed E-state index contributed by atoms with van der Waals surface area (Å²) >= 11 is 6.08. The Balaban J connectivity index is 1.79. The van der Waals surface area contributed by atoms with Gasteiger partial charge in [-0.3, -0.25) is 4.79 Å². The van der Waals surface area contributed by atoms with E-state index < -0.39 is 0 Å². The summed E-state index contributed by atoms with van der Waals surface area (Å²) in [6.45, 7) is 3.15. The van der Waals surface area contributed by atoms with E-state index in [1.165, 1.54) is 0 Å². The zero-order valence-corrected chi connectivity index (χ0v) is 14.4. The van der Waals surface area contributed by atoms with Crippen molar-refractivity contribution in [1.29, 1.82) is 0 Å². The van der Waals surface area contributed by atoms with Crippen LogP contribution < -0.4 is 19.5 Å². The predicted octanol–water partition coefficient (Wildman–Crippen LogP) is 3.56. The van der Waals surface area contributed by atoms with Gasteiger partial charge in [0.25, 0.3) is 5.91 Å². The molecular formula is C18H20ClNO4. The normalized spacial score (nSPS) is 10.1. The van der Waals surface area contributed by atoms with Crippen molar-refractivity contribution >= 4 is 17.5 Å². The molecule has 0 bridgehead atoms. The number of rotatable bonds is 8. The van der Waals surface area contributed by atoms with Crippen molar-refractivity contribution in [3.63, 3.8) is 0 Å². The van der Waals surface area contributed by atoms with Crippen molar-refractivity contribution in [2.75, 3.05) is 26.9 Å². The molecule has 0 fully saturated rings. The van der Waals surface area contributed by atoms with Crippen LogP contribution in [0.4, 0.5) is 0 Å². The molecule has 0 radical (unpaired) electrons. The standard InChI is InChI=1S/C18H20ClNO4/c1-3-23-17-9-4-13(12-16(17)19)18(21)20-10-11-24-15-7-5-14(22-2)6-8-15/h4-9,12H,3,10-11H2,1-2H3,(H,20,21). The molecule has 24 heavy (non-hydrogen) atoms. The van der Waals surface area contributed by atoms with Crippen LogP contribution in [-0.4, -0.2) is 32.8 Å². The van der Waals surface area contributed by atoms with E-state index in [0.717, 1.165) is 5.75 Å². The number of methoxy groups -OCH3 is 1. The highest BCUT2D eigenvalue weighted by Gasteiger charge is 2.09. The minimum absolute atomic E-state index is 0.210. The predicted molar refractivity (Wildman–Crippen MR) is 93.4 cm³/mol. The molecule has 0 aliphatic rings. The molecule has 0 saturated carbocycles. The Bertz CT molecular complexity index is 673. The zero-order valence-electron chi connectivity index (χ0n) is 13.7. The third-order valence-corrected chi connectivity index (χ3v) is 3.51. The lowest BCUT2D eigenvalue weighted by molar-refractivity contribution is 0.0947. The SMILES string of the molecule is CCOc1ccc(C(=O)NCCOc2ccc(OC)cc2)cc1Cl. The Labute approximate surface area is 146 Å². The second-order valence-electron chi connectivity index (χ2n) is 4.86. The average Bonchev–Trinajstić information content (AvgIpc) is 2.61. The van der Waals surface area contributed by atoms with Crippen LogP contribution in [0.5, 0.6) is 17.2 Å². The maximum Gasteiger partial charge on any atom is 0.251 e. The highest BCUT2D eigenvalue weighted by atomic mass is 35.5. The van der Waals surface area contributed by atoms with Gasteiger partial charge in [-0.15, -0.1) is 0 Å². The molecule has 0 unspecified atom stereocenters. The largest absolute Gasteiger partial charge is 0.497 e. The first kappa shape index (κ1) is 17.9. The first-order chi connectivity index (χ1) is 11.6. The number of nitrogens with one attached hydrogen (secondary N) is 1. The number of benzene rings is 2. The van der Waals surface area contributed by atoms with Crippen LogP contribution in [0.1, 0.15) is 17.3 Å². The maximum absolute atomic E-state index is 12.1. The molecule has 1 N–H and O–H groups in total. The molecule has 0 aliphatic heterocycles. The lowest BCUT2D eigenvalue weighted by atomic mass is 10.2. The lowest BCUT2D eigenvalue weighted by Gasteiger charge is -2.10. The summed E-state index contributed by atoms with van der Waals surface area (Å²) < 4.78 is 16.0. The first-order valence-electron chi connectivity index (χ1n) is 7.61. The van der Waals surface area contributed by atoms with Crippen LogP contribution >= 0.6 is 11.6 Å². The molecule has 2 aromatic carbocycles. The highest BCUT2D eigenvalue weighted by molar-refractivity contribution is 6.32. The Hall–Kier alpha value is -2.40. The molecule has 0 spiro atoms. The quantitative estimate of drug-likeness (QED) is 0.740. The molecule has 0 aromatic heterocycles. The van der Waals surface area contributed by atoms with Gasteiger partial charge in [0.2, 0.25) is 0 Å². The Kier molecular flexibility index (Phi) is 6.75. The molecule has 1 amide bonds. The van der Waals surface area contributed by atoms with Crippen LogP contribution in [0.15, 0.2) is 42.5 Å². The fraction of sp³-hybridized carbons (Fsp3) is 0.278. The molecule has 0 aliphatic carbocycles. The summed E-state index contributed by atoms with van der Waals surface area (Å²) in [5, 5.41) is 3.20. The van der Waals surface area contributed by atoms with E-state index >= 15 is 0 Å². The van der Waals surface area contributed by atoms with Crippen LogP contribution in [0, 0.1) is 0 Å². The van der Waals surface area contributed by atoms with Crippen molar-refractivity contribution in [2.45, 2.75) is 6.92 Å². The molecular weight excluding hydrogens is 330 g/mol. The number of carbonyl (C=O) groups is 1. The number of carbonyl (C=O) groups excluding carboxylic acids is 1. The van der Waals surface area contributed by atoms with Gasteiger partial charge in [-0.1, -0.05) is 11.6 Å². The van der Waals surface area contributed by atoms with Crippen LogP contribution in [0.25, 0.3) is 0 Å². The van der Waals surface area contributed by atoms with E-state index in [0.29, 0.717) is 41.8 Å². The summed E-state index contributed by atoms with van der Waals surface area (Å²) in [6.07, 6.45) is 0. The van der Waals surface area contributed by atoms with Crippen molar-refractivity contribution in [2.24, 2.45) is 0 Å². The monoisotopic (exact) mass is 349 g/mol. The number of halogens is 1. The van der Waals surface area contributed by atoms with E-state index in [-0.39, 0.29) is 5.91 Å². The van der Waals surface area contributed by atoms with Gasteiger partial charge in [0.1, 0.15) is 23.9 Å². The average molecular weight is 350 g/mol. The smallest absolute Gasteiger partial charge is 0.251 e. The van der Waals surface area contributed by atoms with E-state index in [1.54, 1.807) is 25.3 Å².